The lowest BCUT2D eigenvalue weighted by Crippen LogP contribution is -2.49. The topological polar surface area (TPSA) is 151 Å². The number of alkyl carbamates (subject to hydrolysis) is 1. The molecule has 1 aliphatic rings. The summed E-state index contributed by atoms with van der Waals surface area (Å²) in [6.45, 7) is 7.16. The number of carbonyl (C=O) groups excluding carboxylic acids is 2. The second-order valence-corrected chi connectivity index (χ2v) is 9.20. The monoisotopic (exact) mass is 456 g/mol. The van der Waals surface area contributed by atoms with E-state index < -0.39 is 17.6 Å². The molecule has 2 aromatic heterocycles. The lowest BCUT2D eigenvalue weighted by molar-refractivity contribution is 0.0488. The molecular formula is C23H32N6O4. The average molecular weight is 457 g/mol. The van der Waals surface area contributed by atoms with Crippen LogP contribution in [0.5, 0.6) is 5.75 Å². The molecule has 2 amide bonds. The molecule has 0 bridgehead atoms. The van der Waals surface area contributed by atoms with Crippen LogP contribution in [0, 0.1) is 6.92 Å². The van der Waals surface area contributed by atoms with Crippen molar-refractivity contribution >= 4 is 29.2 Å². The van der Waals surface area contributed by atoms with E-state index in [0.717, 1.165) is 25.7 Å². The number of nitrogens with two attached hydrogens (primary N) is 1. The van der Waals surface area contributed by atoms with Crippen LogP contribution in [0.3, 0.4) is 0 Å². The predicted octanol–water partition coefficient (Wildman–Crippen LogP) is 3.58. The van der Waals surface area contributed by atoms with Gasteiger partial charge in [-0.2, -0.15) is 0 Å². The lowest BCUT2D eigenvalue weighted by atomic mass is 9.90. The van der Waals surface area contributed by atoms with E-state index in [1.807, 2.05) is 20.8 Å². The Labute approximate surface area is 193 Å². The largest absolute Gasteiger partial charge is 0.506 e. The first kappa shape index (κ1) is 24.1. The van der Waals surface area contributed by atoms with Gasteiger partial charge >= 0.3 is 6.09 Å². The zero-order valence-corrected chi connectivity index (χ0v) is 19.4. The summed E-state index contributed by atoms with van der Waals surface area (Å²) in [7, 11) is 0. The van der Waals surface area contributed by atoms with Crippen LogP contribution in [-0.4, -0.2) is 44.8 Å². The molecule has 6 N–H and O–H groups in total. The highest BCUT2D eigenvalue weighted by atomic mass is 16.6. The smallest absolute Gasteiger partial charge is 0.407 e. The van der Waals surface area contributed by atoms with E-state index in [-0.39, 0.29) is 23.5 Å². The molecule has 3 rings (SSSR count). The molecule has 0 aromatic carbocycles. The summed E-state index contributed by atoms with van der Waals surface area (Å²) in [5.74, 6) is -0.166. The van der Waals surface area contributed by atoms with Crippen LogP contribution in [0.25, 0.3) is 0 Å². The highest BCUT2D eigenvalue weighted by Crippen LogP contribution is 2.27. The van der Waals surface area contributed by atoms with Gasteiger partial charge in [-0.1, -0.05) is 12.8 Å². The van der Waals surface area contributed by atoms with Gasteiger partial charge in [0.25, 0.3) is 5.91 Å². The van der Waals surface area contributed by atoms with E-state index in [1.165, 1.54) is 6.07 Å². The predicted molar refractivity (Wildman–Crippen MR) is 126 cm³/mol. The third-order valence-corrected chi connectivity index (χ3v) is 5.26. The third-order valence-electron chi connectivity index (χ3n) is 5.26. The number of nitrogens with zero attached hydrogens (tertiary/aromatic N) is 2. The van der Waals surface area contributed by atoms with Gasteiger partial charge in [-0.3, -0.25) is 4.79 Å². The van der Waals surface area contributed by atoms with Crippen molar-refractivity contribution in [1.29, 1.82) is 0 Å². The summed E-state index contributed by atoms with van der Waals surface area (Å²) in [5, 5.41) is 19.2. The Hall–Kier alpha value is -3.56. The summed E-state index contributed by atoms with van der Waals surface area (Å²) < 4.78 is 5.41. The van der Waals surface area contributed by atoms with Gasteiger partial charge in [-0.05, 0) is 58.7 Å². The number of rotatable bonds is 6. The van der Waals surface area contributed by atoms with Crippen LogP contribution < -0.4 is 21.7 Å². The van der Waals surface area contributed by atoms with E-state index in [0.29, 0.717) is 22.9 Å². The SMILES string of the molecule is Cc1nc(Nc2cc(N[C@@H]3CCCC[C@@H]3NC(=O)OC(C)(C)C)cnc2C(N)=O)ccc1O. The molecule has 0 spiro atoms. The van der Waals surface area contributed by atoms with Crippen LogP contribution in [0.4, 0.5) is 22.0 Å². The summed E-state index contributed by atoms with van der Waals surface area (Å²) in [4.78, 5) is 32.7. The number of anilines is 3. The number of amides is 2. The number of nitrogens with one attached hydrogen (secondary N) is 3. The fourth-order valence-electron chi connectivity index (χ4n) is 3.75. The van der Waals surface area contributed by atoms with Crippen molar-refractivity contribution in [3.8, 4) is 5.75 Å². The minimum atomic E-state index is -0.679. The van der Waals surface area contributed by atoms with E-state index in [2.05, 4.69) is 25.9 Å². The van der Waals surface area contributed by atoms with Crippen LogP contribution in [-0.2, 0) is 4.74 Å². The molecule has 0 unspecified atom stereocenters. The second-order valence-electron chi connectivity index (χ2n) is 9.20. The Morgan fingerprint density at radius 3 is 2.52 bits per heavy atom. The van der Waals surface area contributed by atoms with Crippen molar-refractivity contribution in [2.75, 3.05) is 10.6 Å². The quantitative estimate of drug-likeness (QED) is 0.442. The highest BCUT2D eigenvalue weighted by molar-refractivity contribution is 5.97. The van der Waals surface area contributed by atoms with Gasteiger partial charge in [0.05, 0.1) is 29.3 Å². The number of carbonyl (C=O) groups is 2. The van der Waals surface area contributed by atoms with Crippen LogP contribution >= 0.6 is 0 Å². The van der Waals surface area contributed by atoms with Crippen LogP contribution in [0.1, 0.15) is 62.6 Å². The number of aromatic nitrogens is 2. The van der Waals surface area contributed by atoms with Crippen molar-refractivity contribution in [2.45, 2.75) is 71.1 Å². The van der Waals surface area contributed by atoms with Crippen molar-refractivity contribution in [1.82, 2.24) is 15.3 Å². The molecule has 178 valence electrons. The molecule has 0 saturated heterocycles. The number of hydrogen-bond acceptors (Lipinski definition) is 8. The van der Waals surface area contributed by atoms with Crippen LogP contribution in [0.2, 0.25) is 0 Å². The first-order valence-corrected chi connectivity index (χ1v) is 11.0. The molecule has 1 aliphatic carbocycles. The summed E-state index contributed by atoms with van der Waals surface area (Å²) in [6.07, 6.45) is 4.82. The van der Waals surface area contributed by atoms with E-state index in [9.17, 15) is 14.7 Å². The normalized spacial score (nSPS) is 18.3. The number of primary amides is 1. The van der Waals surface area contributed by atoms with E-state index in [4.69, 9.17) is 10.5 Å². The van der Waals surface area contributed by atoms with Gasteiger partial charge < -0.3 is 31.5 Å². The molecule has 2 heterocycles. The number of ether oxygens (including phenoxy) is 1. The maximum absolute atomic E-state index is 12.3. The van der Waals surface area contributed by atoms with Crippen molar-refractivity contribution in [3.63, 3.8) is 0 Å². The minimum Gasteiger partial charge on any atom is -0.506 e. The van der Waals surface area contributed by atoms with Gasteiger partial charge in [-0.15, -0.1) is 0 Å². The van der Waals surface area contributed by atoms with Gasteiger partial charge in [0.1, 0.15) is 17.2 Å². The maximum atomic E-state index is 12.3. The Morgan fingerprint density at radius 1 is 1.18 bits per heavy atom. The zero-order chi connectivity index (χ0) is 24.2. The number of aromatic hydroxyl groups is 1. The highest BCUT2D eigenvalue weighted by Gasteiger charge is 2.28. The molecule has 33 heavy (non-hydrogen) atoms. The molecule has 1 fully saturated rings. The third kappa shape index (κ3) is 6.71. The molecule has 2 atom stereocenters. The standard InChI is InChI=1S/C23H32N6O4/c1-13-18(30)9-10-19(26-13)28-17-11-14(12-25-20(17)21(24)31)27-15-7-5-6-8-16(15)29-22(32)33-23(2,3)4/h9-12,15-16,27,30H,5-8H2,1-4H3,(H2,24,31)(H,26,28)(H,29,32)/t15-,16+/m1/s1. The molecule has 2 aromatic rings. The summed E-state index contributed by atoms with van der Waals surface area (Å²) in [5.41, 5.74) is 6.50. The Balaban J connectivity index is 1.78. The van der Waals surface area contributed by atoms with Crippen molar-refractivity contribution < 1.29 is 19.4 Å². The molecule has 10 nitrogen and oxygen atoms in total. The minimum absolute atomic E-state index is 0.0330. The van der Waals surface area contributed by atoms with Crippen molar-refractivity contribution in [3.05, 3.63) is 35.8 Å². The van der Waals surface area contributed by atoms with Gasteiger partial charge in [-0.25, -0.2) is 14.8 Å². The molecule has 1 saturated carbocycles. The number of pyridine rings is 2. The van der Waals surface area contributed by atoms with Gasteiger partial charge in [0.15, 0.2) is 5.69 Å². The average Bonchev–Trinajstić information content (AvgIpc) is 2.71. The van der Waals surface area contributed by atoms with Crippen LogP contribution in [0.15, 0.2) is 24.4 Å². The van der Waals surface area contributed by atoms with Gasteiger partial charge in [0.2, 0.25) is 0 Å². The number of aryl methyl sites for hydroxylation is 1. The summed E-state index contributed by atoms with van der Waals surface area (Å²) >= 11 is 0. The van der Waals surface area contributed by atoms with E-state index >= 15 is 0 Å². The zero-order valence-electron chi connectivity index (χ0n) is 19.4. The Morgan fingerprint density at radius 2 is 1.88 bits per heavy atom. The molecule has 10 heteroatoms. The fourth-order valence-corrected chi connectivity index (χ4v) is 3.75. The van der Waals surface area contributed by atoms with E-state index in [1.54, 1.807) is 25.3 Å². The Kier molecular flexibility index (Phi) is 7.25. The Bertz CT molecular complexity index is 1020. The molecule has 0 radical (unpaired) electrons. The van der Waals surface area contributed by atoms with Gasteiger partial charge in [0, 0.05) is 6.04 Å². The first-order valence-electron chi connectivity index (χ1n) is 11.0. The number of hydrogen-bond donors (Lipinski definition) is 5. The maximum Gasteiger partial charge on any atom is 0.407 e. The fraction of sp³-hybridized carbons (Fsp3) is 0.478. The lowest BCUT2D eigenvalue weighted by Gasteiger charge is -2.34. The second kappa shape index (κ2) is 9.93. The first-order chi connectivity index (χ1) is 15.5. The summed E-state index contributed by atoms with van der Waals surface area (Å²) in [6, 6.07) is 4.70. The molecule has 0 aliphatic heterocycles. The van der Waals surface area contributed by atoms with Crippen molar-refractivity contribution in [2.24, 2.45) is 5.73 Å². The molecular weight excluding hydrogens is 424 g/mol.